The van der Waals surface area contributed by atoms with Crippen molar-refractivity contribution < 1.29 is 4.74 Å². The predicted molar refractivity (Wildman–Crippen MR) is 64.2 cm³/mol. The van der Waals surface area contributed by atoms with Crippen LogP contribution in [0.15, 0.2) is 0 Å². The Balaban J connectivity index is 2.15. The number of nitrogens with one attached hydrogen (secondary N) is 1. The average molecular weight is 214 g/mol. The molecule has 1 aliphatic heterocycles. The first-order chi connectivity index (χ1) is 7.24. The van der Waals surface area contributed by atoms with Crippen molar-refractivity contribution in [3.05, 3.63) is 0 Å². The Morgan fingerprint density at radius 2 is 2.27 bits per heavy atom. The zero-order valence-electron chi connectivity index (χ0n) is 10.5. The minimum Gasteiger partial charge on any atom is -0.383 e. The largest absolute Gasteiger partial charge is 0.383 e. The molecule has 0 bridgehead atoms. The highest BCUT2D eigenvalue weighted by Crippen LogP contribution is 2.17. The summed E-state index contributed by atoms with van der Waals surface area (Å²) in [5.74, 6) is 0.782. The van der Waals surface area contributed by atoms with Crippen LogP contribution in [-0.4, -0.2) is 50.8 Å². The van der Waals surface area contributed by atoms with Crippen LogP contribution in [0.25, 0.3) is 0 Å². The van der Waals surface area contributed by atoms with Gasteiger partial charge in [-0.25, -0.2) is 0 Å². The second-order valence-corrected chi connectivity index (χ2v) is 4.88. The molecule has 3 nitrogen and oxygen atoms in total. The van der Waals surface area contributed by atoms with Crippen LogP contribution in [0.5, 0.6) is 0 Å². The van der Waals surface area contributed by atoms with Crippen molar-refractivity contribution in [2.24, 2.45) is 5.92 Å². The Kier molecular flexibility index (Phi) is 6.22. The molecule has 0 radical (unpaired) electrons. The van der Waals surface area contributed by atoms with E-state index in [0.717, 1.165) is 31.7 Å². The van der Waals surface area contributed by atoms with Gasteiger partial charge in [0.1, 0.15) is 0 Å². The zero-order chi connectivity index (χ0) is 11.1. The van der Waals surface area contributed by atoms with Gasteiger partial charge in [0.05, 0.1) is 6.61 Å². The SMILES string of the molecule is COCCNCC1CCCN1CC(C)C. The summed E-state index contributed by atoms with van der Waals surface area (Å²) in [6.45, 7) is 10.0. The maximum absolute atomic E-state index is 5.02. The summed E-state index contributed by atoms with van der Waals surface area (Å²) in [6, 6.07) is 0.754. The number of nitrogens with zero attached hydrogens (tertiary/aromatic N) is 1. The lowest BCUT2D eigenvalue weighted by molar-refractivity contribution is 0.188. The van der Waals surface area contributed by atoms with Crippen LogP contribution in [0.3, 0.4) is 0 Å². The van der Waals surface area contributed by atoms with Gasteiger partial charge in [0.25, 0.3) is 0 Å². The molecule has 3 heteroatoms. The van der Waals surface area contributed by atoms with Crippen molar-refractivity contribution >= 4 is 0 Å². The lowest BCUT2D eigenvalue weighted by Crippen LogP contribution is -2.40. The summed E-state index contributed by atoms with van der Waals surface area (Å²) in [5, 5.41) is 3.46. The van der Waals surface area contributed by atoms with E-state index in [-0.39, 0.29) is 0 Å². The van der Waals surface area contributed by atoms with Crippen LogP contribution in [0.4, 0.5) is 0 Å². The highest BCUT2D eigenvalue weighted by Gasteiger charge is 2.23. The van der Waals surface area contributed by atoms with Crippen LogP contribution in [0, 0.1) is 5.92 Å². The van der Waals surface area contributed by atoms with Gasteiger partial charge in [0, 0.05) is 32.8 Å². The van der Waals surface area contributed by atoms with Crippen LogP contribution in [0.2, 0.25) is 0 Å². The smallest absolute Gasteiger partial charge is 0.0587 e. The van der Waals surface area contributed by atoms with E-state index < -0.39 is 0 Å². The minimum absolute atomic E-state index is 0.754. The van der Waals surface area contributed by atoms with Crippen LogP contribution >= 0.6 is 0 Å². The third-order valence-electron chi connectivity index (χ3n) is 2.96. The molecule has 1 saturated heterocycles. The fourth-order valence-electron chi connectivity index (χ4n) is 2.28. The average Bonchev–Trinajstić information content (AvgIpc) is 2.59. The van der Waals surface area contributed by atoms with Gasteiger partial charge in [0.2, 0.25) is 0 Å². The molecule has 1 fully saturated rings. The van der Waals surface area contributed by atoms with Crippen LogP contribution in [0.1, 0.15) is 26.7 Å². The molecule has 15 heavy (non-hydrogen) atoms. The summed E-state index contributed by atoms with van der Waals surface area (Å²) >= 11 is 0. The molecule has 0 amide bonds. The Morgan fingerprint density at radius 3 is 2.93 bits per heavy atom. The summed E-state index contributed by atoms with van der Waals surface area (Å²) in [5.41, 5.74) is 0. The molecule has 0 aliphatic carbocycles. The normalized spacial score (nSPS) is 22.8. The summed E-state index contributed by atoms with van der Waals surface area (Å²) < 4.78 is 5.02. The molecule has 1 atom stereocenters. The molecule has 1 unspecified atom stereocenters. The molecule has 1 rings (SSSR count). The molecule has 1 aliphatic rings. The van der Waals surface area contributed by atoms with Gasteiger partial charge >= 0.3 is 0 Å². The summed E-state index contributed by atoms with van der Waals surface area (Å²) in [4.78, 5) is 2.63. The van der Waals surface area contributed by atoms with Gasteiger partial charge in [-0.05, 0) is 25.3 Å². The quantitative estimate of drug-likeness (QED) is 0.647. The number of likely N-dealkylation sites (tertiary alicyclic amines) is 1. The Hall–Kier alpha value is -0.120. The zero-order valence-corrected chi connectivity index (χ0v) is 10.5. The van der Waals surface area contributed by atoms with Crippen molar-refractivity contribution in [2.45, 2.75) is 32.7 Å². The van der Waals surface area contributed by atoms with Crippen LogP contribution < -0.4 is 5.32 Å². The first kappa shape index (κ1) is 12.9. The van der Waals surface area contributed by atoms with E-state index in [2.05, 4.69) is 24.1 Å². The maximum Gasteiger partial charge on any atom is 0.0587 e. The van der Waals surface area contributed by atoms with Gasteiger partial charge in [-0.15, -0.1) is 0 Å². The maximum atomic E-state index is 5.02. The lowest BCUT2D eigenvalue weighted by atomic mass is 10.1. The van der Waals surface area contributed by atoms with Gasteiger partial charge in [-0.1, -0.05) is 13.8 Å². The Morgan fingerprint density at radius 1 is 1.47 bits per heavy atom. The van der Waals surface area contributed by atoms with E-state index >= 15 is 0 Å². The van der Waals surface area contributed by atoms with E-state index in [0.29, 0.717) is 0 Å². The highest BCUT2D eigenvalue weighted by molar-refractivity contribution is 4.81. The monoisotopic (exact) mass is 214 g/mol. The Labute approximate surface area is 94.2 Å². The molecular weight excluding hydrogens is 188 g/mol. The van der Waals surface area contributed by atoms with Crippen LogP contribution in [-0.2, 0) is 4.74 Å². The number of ether oxygens (including phenoxy) is 1. The molecule has 0 aromatic carbocycles. The molecule has 1 heterocycles. The van der Waals surface area contributed by atoms with Crippen molar-refractivity contribution in [3.63, 3.8) is 0 Å². The second-order valence-electron chi connectivity index (χ2n) is 4.88. The van der Waals surface area contributed by atoms with Gasteiger partial charge in [-0.3, -0.25) is 4.90 Å². The highest BCUT2D eigenvalue weighted by atomic mass is 16.5. The van der Waals surface area contributed by atoms with E-state index in [1.807, 2.05) is 0 Å². The first-order valence-corrected chi connectivity index (χ1v) is 6.17. The number of rotatable bonds is 7. The standard InChI is InChI=1S/C12H26N2O/c1-11(2)10-14-7-4-5-12(14)9-13-6-8-15-3/h11-13H,4-10H2,1-3H3. The third-order valence-corrected chi connectivity index (χ3v) is 2.96. The fraction of sp³-hybridized carbons (Fsp3) is 1.00. The van der Waals surface area contributed by atoms with Gasteiger partial charge in [0.15, 0.2) is 0 Å². The molecule has 90 valence electrons. The van der Waals surface area contributed by atoms with E-state index in [1.54, 1.807) is 7.11 Å². The first-order valence-electron chi connectivity index (χ1n) is 6.17. The van der Waals surface area contributed by atoms with E-state index in [1.165, 1.54) is 25.9 Å². The van der Waals surface area contributed by atoms with E-state index in [4.69, 9.17) is 4.74 Å². The van der Waals surface area contributed by atoms with Crippen molar-refractivity contribution in [1.29, 1.82) is 0 Å². The Bertz CT molecular complexity index is 162. The van der Waals surface area contributed by atoms with Crippen molar-refractivity contribution in [2.75, 3.05) is 39.9 Å². The predicted octanol–water partition coefficient (Wildman–Crippen LogP) is 1.34. The summed E-state index contributed by atoms with van der Waals surface area (Å²) in [7, 11) is 1.75. The topological polar surface area (TPSA) is 24.5 Å². The number of hydrogen-bond acceptors (Lipinski definition) is 3. The molecule has 0 saturated carbocycles. The minimum atomic E-state index is 0.754. The molecule has 0 spiro atoms. The lowest BCUT2D eigenvalue weighted by Gasteiger charge is -2.26. The molecule has 0 aromatic heterocycles. The van der Waals surface area contributed by atoms with Crippen molar-refractivity contribution in [1.82, 2.24) is 10.2 Å². The fourth-order valence-corrected chi connectivity index (χ4v) is 2.28. The number of hydrogen-bond donors (Lipinski definition) is 1. The van der Waals surface area contributed by atoms with Gasteiger partial charge < -0.3 is 10.1 Å². The number of methoxy groups -OCH3 is 1. The third kappa shape index (κ3) is 4.96. The van der Waals surface area contributed by atoms with E-state index in [9.17, 15) is 0 Å². The molecule has 1 N–H and O–H groups in total. The van der Waals surface area contributed by atoms with Gasteiger partial charge in [-0.2, -0.15) is 0 Å². The molecule has 0 aromatic rings. The summed E-state index contributed by atoms with van der Waals surface area (Å²) in [6.07, 6.45) is 2.72. The van der Waals surface area contributed by atoms with Crippen molar-refractivity contribution in [3.8, 4) is 0 Å². The molecular formula is C12H26N2O. The second kappa shape index (κ2) is 7.20.